The van der Waals surface area contributed by atoms with Crippen molar-refractivity contribution in [1.82, 2.24) is 9.13 Å². The number of rotatable bonds is 4. The van der Waals surface area contributed by atoms with Gasteiger partial charge in [0.25, 0.3) is 0 Å². The van der Waals surface area contributed by atoms with Crippen LogP contribution in [-0.4, -0.2) is 9.13 Å². The lowest BCUT2D eigenvalue weighted by atomic mass is 9.82. The second kappa shape index (κ2) is 11.8. The van der Waals surface area contributed by atoms with Gasteiger partial charge < -0.3 is 9.13 Å². The van der Waals surface area contributed by atoms with E-state index in [1.54, 1.807) is 0 Å². The molecular formula is C46H29N5. The number of fused-ring (bicyclic) bond motifs is 6. The molecule has 0 fully saturated rings. The molecule has 1 atom stereocenters. The molecule has 0 amide bonds. The van der Waals surface area contributed by atoms with E-state index in [1.807, 2.05) is 60.7 Å². The van der Waals surface area contributed by atoms with Crippen molar-refractivity contribution < 1.29 is 0 Å². The molecule has 0 saturated carbocycles. The van der Waals surface area contributed by atoms with Gasteiger partial charge in [0.15, 0.2) is 0 Å². The van der Waals surface area contributed by atoms with Crippen molar-refractivity contribution in [1.29, 1.82) is 15.8 Å². The van der Waals surface area contributed by atoms with E-state index >= 15 is 0 Å². The summed E-state index contributed by atoms with van der Waals surface area (Å²) in [7, 11) is 0. The fraction of sp³-hybridized carbons (Fsp3) is 0.0652. The van der Waals surface area contributed by atoms with Gasteiger partial charge in [0.2, 0.25) is 0 Å². The highest BCUT2D eigenvalue weighted by Crippen LogP contribution is 2.44. The molecule has 2 aromatic heterocycles. The molecule has 0 radical (unpaired) electrons. The zero-order chi connectivity index (χ0) is 34.6. The summed E-state index contributed by atoms with van der Waals surface area (Å²) in [4.78, 5) is 0. The molecule has 1 aliphatic carbocycles. The number of benzene rings is 6. The smallest absolute Gasteiger partial charge is 0.101 e. The Morgan fingerprint density at radius 2 is 1.12 bits per heavy atom. The fourth-order valence-electron chi connectivity index (χ4n) is 7.95. The molecule has 5 nitrogen and oxygen atoms in total. The zero-order valence-corrected chi connectivity index (χ0v) is 27.8. The predicted octanol–water partition coefficient (Wildman–Crippen LogP) is 11.1. The van der Waals surface area contributed by atoms with Crippen molar-refractivity contribution >= 4 is 54.9 Å². The monoisotopic (exact) mass is 651 g/mol. The predicted molar refractivity (Wildman–Crippen MR) is 206 cm³/mol. The Hall–Kier alpha value is -7.13. The first-order valence-electron chi connectivity index (χ1n) is 17.0. The number of para-hydroxylation sites is 4. The first-order valence-corrected chi connectivity index (χ1v) is 17.0. The molecule has 0 N–H and O–H groups in total. The van der Waals surface area contributed by atoms with Gasteiger partial charge in [-0.05, 0) is 89.7 Å². The molecule has 9 rings (SSSR count). The summed E-state index contributed by atoms with van der Waals surface area (Å²) in [5.41, 5.74) is 11.7. The summed E-state index contributed by atoms with van der Waals surface area (Å²) in [5.74, 6) is 0.176. The van der Waals surface area contributed by atoms with E-state index in [2.05, 4.69) is 113 Å². The average Bonchev–Trinajstić information content (AvgIpc) is 3.70. The molecule has 5 heteroatoms. The molecule has 2 heterocycles. The van der Waals surface area contributed by atoms with Gasteiger partial charge in [0, 0.05) is 32.8 Å². The Morgan fingerprint density at radius 1 is 0.529 bits per heavy atom. The number of hydrogen-bond acceptors (Lipinski definition) is 3. The van der Waals surface area contributed by atoms with Crippen LogP contribution in [0.2, 0.25) is 0 Å². The minimum Gasteiger partial charge on any atom is -0.310 e. The second-order valence-corrected chi connectivity index (χ2v) is 13.1. The largest absolute Gasteiger partial charge is 0.310 e. The van der Waals surface area contributed by atoms with Crippen LogP contribution in [0.15, 0.2) is 140 Å². The summed E-state index contributed by atoms with van der Waals surface area (Å²) in [6.07, 6.45) is 5.43. The standard InChI is InChI=1S/C46H29N5/c1-29-17-20-33(50-42-14-5-2-10-35(42)36-11-3-6-15-43(36)50)25-39(29)40-23-30(26-47)18-21-34(40)38-13-8-9-32(28-49)46(38)51-44-16-7-4-12-37(44)41-24-31(27-48)19-22-45(41)51/h2-16,18-25,29H,17H2,1H3. The van der Waals surface area contributed by atoms with Gasteiger partial charge in [-0.3, -0.25) is 0 Å². The van der Waals surface area contributed by atoms with Crippen LogP contribution in [0.4, 0.5) is 0 Å². The molecule has 51 heavy (non-hydrogen) atoms. The third-order valence-electron chi connectivity index (χ3n) is 10.3. The highest BCUT2D eigenvalue weighted by Gasteiger charge is 2.25. The van der Waals surface area contributed by atoms with Gasteiger partial charge in [-0.1, -0.05) is 85.8 Å². The number of hydrogen-bond donors (Lipinski definition) is 0. The normalized spacial score (nSPS) is 14.3. The van der Waals surface area contributed by atoms with Gasteiger partial charge in [-0.15, -0.1) is 0 Å². The van der Waals surface area contributed by atoms with Crippen LogP contribution in [0, 0.1) is 39.9 Å². The topological polar surface area (TPSA) is 81.2 Å². The van der Waals surface area contributed by atoms with E-state index in [-0.39, 0.29) is 5.92 Å². The van der Waals surface area contributed by atoms with Crippen LogP contribution in [0.5, 0.6) is 0 Å². The lowest BCUT2D eigenvalue weighted by Gasteiger charge is -2.25. The lowest BCUT2D eigenvalue weighted by Crippen LogP contribution is -2.08. The van der Waals surface area contributed by atoms with Gasteiger partial charge in [-0.2, -0.15) is 15.8 Å². The molecule has 0 spiro atoms. The Balaban J connectivity index is 1.32. The molecule has 1 aliphatic rings. The minimum absolute atomic E-state index is 0.176. The summed E-state index contributed by atoms with van der Waals surface area (Å²) < 4.78 is 4.50. The van der Waals surface area contributed by atoms with Crippen LogP contribution in [-0.2, 0) is 0 Å². The van der Waals surface area contributed by atoms with Crippen LogP contribution in [0.1, 0.15) is 35.6 Å². The van der Waals surface area contributed by atoms with Gasteiger partial charge in [-0.25, -0.2) is 0 Å². The molecule has 0 bridgehead atoms. The minimum atomic E-state index is 0.176. The van der Waals surface area contributed by atoms with Gasteiger partial charge in [0.1, 0.15) is 6.07 Å². The summed E-state index contributed by atoms with van der Waals surface area (Å²) in [6.45, 7) is 2.24. The molecule has 6 aromatic carbocycles. The van der Waals surface area contributed by atoms with E-state index in [1.165, 1.54) is 10.8 Å². The van der Waals surface area contributed by atoms with E-state index < -0.39 is 0 Å². The first-order chi connectivity index (χ1) is 25.1. The zero-order valence-electron chi connectivity index (χ0n) is 27.8. The third-order valence-corrected chi connectivity index (χ3v) is 10.3. The van der Waals surface area contributed by atoms with Gasteiger partial charge in [0.05, 0.1) is 56.6 Å². The molecule has 8 aromatic rings. The van der Waals surface area contributed by atoms with E-state index in [0.717, 1.165) is 72.9 Å². The maximum atomic E-state index is 10.6. The van der Waals surface area contributed by atoms with Crippen LogP contribution >= 0.6 is 0 Å². The van der Waals surface area contributed by atoms with Gasteiger partial charge >= 0.3 is 0 Å². The van der Waals surface area contributed by atoms with Crippen molar-refractivity contribution in [2.75, 3.05) is 0 Å². The number of nitriles is 3. The third kappa shape index (κ3) is 4.59. The number of allylic oxidation sites excluding steroid dienone is 4. The highest BCUT2D eigenvalue weighted by molar-refractivity contribution is 6.12. The maximum Gasteiger partial charge on any atom is 0.101 e. The summed E-state index contributed by atoms with van der Waals surface area (Å²) in [6, 6.07) is 49.8. The van der Waals surface area contributed by atoms with Crippen LogP contribution < -0.4 is 0 Å². The molecule has 238 valence electrons. The molecular weight excluding hydrogens is 623 g/mol. The van der Waals surface area contributed by atoms with Crippen molar-refractivity contribution in [2.24, 2.45) is 5.92 Å². The first kappa shape index (κ1) is 30.0. The van der Waals surface area contributed by atoms with E-state index in [9.17, 15) is 15.8 Å². The van der Waals surface area contributed by atoms with Crippen molar-refractivity contribution in [3.63, 3.8) is 0 Å². The fourth-order valence-corrected chi connectivity index (χ4v) is 7.95. The summed E-state index contributed by atoms with van der Waals surface area (Å²) in [5, 5.41) is 34.9. The Kier molecular flexibility index (Phi) is 6.92. The quantitative estimate of drug-likeness (QED) is 0.190. The molecule has 0 aliphatic heterocycles. The summed E-state index contributed by atoms with van der Waals surface area (Å²) >= 11 is 0. The van der Waals surface area contributed by atoms with E-state index in [4.69, 9.17) is 0 Å². The van der Waals surface area contributed by atoms with Crippen molar-refractivity contribution in [3.8, 4) is 35.0 Å². The molecule has 1 unspecified atom stereocenters. The lowest BCUT2D eigenvalue weighted by molar-refractivity contribution is 0.757. The maximum absolute atomic E-state index is 10.6. The second-order valence-electron chi connectivity index (χ2n) is 13.1. The average molecular weight is 652 g/mol. The Labute approximate surface area is 295 Å². The number of aromatic nitrogens is 2. The van der Waals surface area contributed by atoms with Crippen LogP contribution in [0.3, 0.4) is 0 Å². The van der Waals surface area contributed by atoms with Crippen molar-refractivity contribution in [2.45, 2.75) is 13.3 Å². The SMILES string of the molecule is CC1CC=C(n2c3ccccc3c3ccccc32)C=C1c1cc(C#N)ccc1-c1cccc(C#N)c1-n1c2ccccc2c2cc(C#N)ccc21. The Morgan fingerprint density at radius 3 is 1.78 bits per heavy atom. The molecule has 0 saturated heterocycles. The number of nitrogens with zero attached hydrogens (tertiary/aromatic N) is 5. The highest BCUT2D eigenvalue weighted by atomic mass is 15.0. The Bertz CT molecular complexity index is 2890. The van der Waals surface area contributed by atoms with Crippen LogP contribution in [0.25, 0.3) is 71.7 Å². The van der Waals surface area contributed by atoms with Crippen molar-refractivity contribution in [3.05, 3.63) is 162 Å². The van der Waals surface area contributed by atoms with E-state index in [0.29, 0.717) is 16.7 Å².